The number of anilines is 1. The normalized spacial score (nSPS) is 18.3. The lowest BCUT2D eigenvalue weighted by molar-refractivity contribution is -0.140. The Morgan fingerprint density at radius 2 is 2.00 bits per heavy atom. The summed E-state index contributed by atoms with van der Waals surface area (Å²) in [5, 5.41) is 5.48. The van der Waals surface area contributed by atoms with Crippen LogP contribution in [0.2, 0.25) is 5.02 Å². The van der Waals surface area contributed by atoms with Gasteiger partial charge in [-0.2, -0.15) is 13.2 Å². The average Bonchev–Trinajstić information content (AvgIpc) is 2.59. The zero-order valence-electron chi connectivity index (χ0n) is 16.9. The minimum Gasteiger partial charge on any atom is -0.444 e. The highest BCUT2D eigenvalue weighted by molar-refractivity contribution is 6.31. The number of pyridine rings is 1. The predicted molar refractivity (Wildman–Crippen MR) is 109 cm³/mol. The van der Waals surface area contributed by atoms with Crippen molar-refractivity contribution >= 4 is 34.3 Å². The minimum atomic E-state index is -4.58. The Hall–Kier alpha value is -2.26. The maximum Gasteiger partial charge on any atom is 0.433 e. The van der Waals surface area contributed by atoms with Gasteiger partial charge in [-0.05, 0) is 57.9 Å². The SMILES string of the molecule is CC(C)(C)OC(=O)N[C@H]1CCCN(Nc2cc(C(F)(F)F)nc3ccc(Cl)cc23)C1. The van der Waals surface area contributed by atoms with Crippen LogP contribution < -0.4 is 10.7 Å². The van der Waals surface area contributed by atoms with Crippen molar-refractivity contribution < 1.29 is 22.7 Å². The molecule has 0 aliphatic carbocycles. The Morgan fingerprint density at radius 3 is 2.67 bits per heavy atom. The van der Waals surface area contributed by atoms with Gasteiger partial charge in [0.2, 0.25) is 0 Å². The lowest BCUT2D eigenvalue weighted by Gasteiger charge is -2.34. The highest BCUT2D eigenvalue weighted by Crippen LogP contribution is 2.34. The number of halogens is 4. The first kappa shape index (κ1) is 22.4. The van der Waals surface area contributed by atoms with Gasteiger partial charge in [0.15, 0.2) is 0 Å². The van der Waals surface area contributed by atoms with Crippen LogP contribution >= 0.6 is 11.6 Å². The third kappa shape index (κ3) is 5.89. The van der Waals surface area contributed by atoms with Gasteiger partial charge in [-0.25, -0.2) is 14.8 Å². The highest BCUT2D eigenvalue weighted by atomic mass is 35.5. The molecule has 2 aromatic rings. The van der Waals surface area contributed by atoms with Gasteiger partial charge < -0.3 is 15.5 Å². The Kier molecular flexibility index (Phi) is 6.33. The summed E-state index contributed by atoms with van der Waals surface area (Å²) in [5.41, 5.74) is 1.91. The number of piperidine rings is 1. The number of carbonyl (C=O) groups excluding carboxylic acids is 1. The van der Waals surface area contributed by atoms with Gasteiger partial charge in [-0.3, -0.25) is 0 Å². The molecule has 30 heavy (non-hydrogen) atoms. The molecular weight excluding hydrogens is 421 g/mol. The number of rotatable bonds is 3. The number of aromatic nitrogens is 1. The molecule has 10 heteroatoms. The maximum atomic E-state index is 13.3. The Labute approximate surface area is 177 Å². The molecule has 0 saturated carbocycles. The maximum absolute atomic E-state index is 13.3. The largest absolute Gasteiger partial charge is 0.444 e. The lowest BCUT2D eigenvalue weighted by Crippen LogP contribution is -2.50. The summed E-state index contributed by atoms with van der Waals surface area (Å²) < 4.78 is 45.2. The van der Waals surface area contributed by atoms with Crippen LogP contribution in [0, 0.1) is 0 Å². The van der Waals surface area contributed by atoms with Crippen LogP contribution in [0.5, 0.6) is 0 Å². The van der Waals surface area contributed by atoms with Gasteiger partial charge in [0, 0.05) is 29.5 Å². The quantitative estimate of drug-likeness (QED) is 0.679. The molecule has 1 aliphatic rings. The summed E-state index contributed by atoms with van der Waals surface area (Å²) in [7, 11) is 0. The minimum absolute atomic E-state index is 0.192. The van der Waals surface area contributed by atoms with E-state index in [2.05, 4.69) is 15.7 Å². The summed E-state index contributed by atoms with van der Waals surface area (Å²) in [5.74, 6) is 0. The number of alkyl carbamates (subject to hydrolysis) is 1. The van der Waals surface area contributed by atoms with Gasteiger partial charge in [0.1, 0.15) is 11.3 Å². The Bertz CT molecular complexity index is 931. The molecule has 1 saturated heterocycles. The fraction of sp³-hybridized carbons (Fsp3) is 0.500. The van der Waals surface area contributed by atoms with Crippen LogP contribution in [-0.4, -0.2) is 40.8 Å². The molecule has 2 N–H and O–H groups in total. The number of fused-ring (bicyclic) bond motifs is 1. The van der Waals surface area contributed by atoms with Gasteiger partial charge in [-0.15, -0.1) is 0 Å². The fourth-order valence-corrected chi connectivity index (χ4v) is 3.45. The first-order valence-corrected chi connectivity index (χ1v) is 9.97. The first-order valence-electron chi connectivity index (χ1n) is 9.59. The fourth-order valence-electron chi connectivity index (χ4n) is 3.28. The molecule has 0 bridgehead atoms. The Balaban J connectivity index is 1.79. The second-order valence-corrected chi connectivity index (χ2v) is 8.69. The van der Waals surface area contributed by atoms with E-state index in [-0.39, 0.29) is 17.2 Å². The predicted octanol–water partition coefficient (Wildman–Crippen LogP) is 5.22. The van der Waals surface area contributed by atoms with E-state index in [4.69, 9.17) is 16.3 Å². The van der Waals surface area contributed by atoms with Crippen molar-refractivity contribution in [2.45, 2.75) is 51.4 Å². The van der Waals surface area contributed by atoms with Crippen molar-refractivity contribution in [3.8, 4) is 0 Å². The number of hydrogen-bond acceptors (Lipinski definition) is 5. The molecule has 0 spiro atoms. The van der Waals surface area contributed by atoms with Crippen molar-refractivity contribution in [3.63, 3.8) is 0 Å². The van der Waals surface area contributed by atoms with Crippen molar-refractivity contribution in [1.29, 1.82) is 0 Å². The van der Waals surface area contributed by atoms with E-state index >= 15 is 0 Å². The molecule has 1 amide bonds. The smallest absolute Gasteiger partial charge is 0.433 e. The molecule has 0 unspecified atom stereocenters. The molecule has 1 aliphatic heterocycles. The van der Waals surface area contributed by atoms with Crippen LogP contribution in [0.3, 0.4) is 0 Å². The standard InChI is InChI=1S/C20H24ClF3N4O2/c1-19(2,3)30-18(29)25-13-5-4-8-28(11-13)27-16-10-17(20(22,23)24)26-15-7-6-12(21)9-14(15)16/h6-7,9-10,13H,4-5,8,11H2,1-3H3,(H,25,29)(H,26,27)/t13-/m0/s1. The zero-order valence-corrected chi connectivity index (χ0v) is 17.7. The number of ether oxygens (including phenoxy) is 1. The molecule has 0 radical (unpaired) electrons. The van der Waals surface area contributed by atoms with Crippen molar-refractivity contribution in [1.82, 2.24) is 15.3 Å². The third-order valence-electron chi connectivity index (χ3n) is 4.48. The van der Waals surface area contributed by atoms with Crippen LogP contribution in [0.1, 0.15) is 39.3 Å². The first-order chi connectivity index (χ1) is 13.9. The number of benzene rings is 1. The molecule has 1 aromatic carbocycles. The van der Waals surface area contributed by atoms with E-state index in [0.29, 0.717) is 23.5 Å². The summed E-state index contributed by atoms with van der Waals surface area (Å²) in [6.45, 7) is 6.35. The number of amides is 1. The second-order valence-electron chi connectivity index (χ2n) is 8.26. The molecule has 2 heterocycles. The van der Waals surface area contributed by atoms with Crippen LogP contribution in [0.4, 0.5) is 23.7 Å². The van der Waals surface area contributed by atoms with Gasteiger partial charge in [-0.1, -0.05) is 11.6 Å². The molecule has 3 rings (SSSR count). The summed E-state index contributed by atoms with van der Waals surface area (Å²) in [6.07, 6.45) is -3.60. The number of alkyl halides is 3. The van der Waals surface area contributed by atoms with Gasteiger partial charge in [0.05, 0.1) is 11.2 Å². The molecule has 1 aromatic heterocycles. The summed E-state index contributed by atoms with van der Waals surface area (Å²) in [6, 6.07) is 5.32. The van der Waals surface area contributed by atoms with E-state index < -0.39 is 23.6 Å². The molecule has 164 valence electrons. The van der Waals surface area contributed by atoms with E-state index in [9.17, 15) is 18.0 Å². The number of carbonyl (C=O) groups is 1. The molecule has 6 nitrogen and oxygen atoms in total. The van der Waals surface area contributed by atoms with Crippen LogP contribution in [0.25, 0.3) is 10.9 Å². The summed E-state index contributed by atoms with van der Waals surface area (Å²) >= 11 is 6.04. The van der Waals surface area contributed by atoms with E-state index in [0.717, 1.165) is 18.9 Å². The number of hydrazine groups is 1. The summed E-state index contributed by atoms with van der Waals surface area (Å²) in [4.78, 5) is 15.8. The number of hydrogen-bond donors (Lipinski definition) is 2. The van der Waals surface area contributed by atoms with Crippen molar-refractivity contribution in [2.24, 2.45) is 0 Å². The third-order valence-corrected chi connectivity index (χ3v) is 4.72. The van der Waals surface area contributed by atoms with Crippen molar-refractivity contribution in [3.05, 3.63) is 35.0 Å². The monoisotopic (exact) mass is 444 g/mol. The second kappa shape index (κ2) is 8.47. The molecule has 1 fully saturated rings. The van der Waals surface area contributed by atoms with Gasteiger partial charge in [0.25, 0.3) is 0 Å². The number of nitrogens with zero attached hydrogens (tertiary/aromatic N) is 2. The van der Waals surface area contributed by atoms with Crippen molar-refractivity contribution in [2.75, 3.05) is 18.5 Å². The van der Waals surface area contributed by atoms with Crippen LogP contribution in [0.15, 0.2) is 24.3 Å². The van der Waals surface area contributed by atoms with E-state index in [1.165, 1.54) is 12.1 Å². The highest BCUT2D eigenvalue weighted by Gasteiger charge is 2.34. The Morgan fingerprint density at radius 1 is 1.27 bits per heavy atom. The van der Waals surface area contributed by atoms with Crippen LogP contribution in [-0.2, 0) is 10.9 Å². The van der Waals surface area contributed by atoms with Gasteiger partial charge >= 0.3 is 12.3 Å². The van der Waals surface area contributed by atoms with E-state index in [1.54, 1.807) is 31.8 Å². The molecular formula is C20H24ClF3N4O2. The zero-order chi connectivity index (χ0) is 22.1. The average molecular weight is 445 g/mol. The topological polar surface area (TPSA) is 66.5 Å². The molecule has 1 atom stereocenters. The van der Waals surface area contributed by atoms with E-state index in [1.807, 2.05) is 0 Å². The number of nitrogens with one attached hydrogen (secondary N) is 2. The lowest BCUT2D eigenvalue weighted by atomic mass is 10.1.